The van der Waals surface area contributed by atoms with E-state index in [9.17, 15) is 4.79 Å². The maximum absolute atomic E-state index is 13.1. The molecule has 4 rings (SSSR count). The molecule has 0 saturated heterocycles. The molecule has 1 aliphatic rings. The highest BCUT2D eigenvalue weighted by atomic mass is 32.1. The average Bonchev–Trinajstić information content (AvgIpc) is 3.54. The summed E-state index contributed by atoms with van der Waals surface area (Å²) in [5.41, 5.74) is 6.54. The van der Waals surface area contributed by atoms with Gasteiger partial charge in [0.15, 0.2) is 5.78 Å². The molecule has 1 aliphatic carbocycles. The Labute approximate surface area is 228 Å². The van der Waals surface area contributed by atoms with Crippen LogP contribution < -0.4 is 0 Å². The minimum absolute atomic E-state index is 0.265. The Morgan fingerprint density at radius 1 is 0.865 bits per heavy atom. The number of ketones is 1. The smallest absolute Gasteiger partial charge is 0.164 e. The van der Waals surface area contributed by atoms with Crippen LogP contribution in [0.2, 0.25) is 0 Å². The van der Waals surface area contributed by atoms with Crippen LogP contribution in [0.4, 0.5) is 0 Å². The van der Waals surface area contributed by atoms with Crippen molar-refractivity contribution < 1.29 is 4.79 Å². The van der Waals surface area contributed by atoms with Crippen LogP contribution in [0.25, 0.3) is 22.5 Å². The van der Waals surface area contributed by atoms with E-state index in [0.29, 0.717) is 6.42 Å². The van der Waals surface area contributed by atoms with Crippen LogP contribution in [0.15, 0.2) is 36.4 Å². The zero-order valence-electron chi connectivity index (χ0n) is 23.4. The molecule has 0 amide bonds. The van der Waals surface area contributed by atoms with Crippen molar-refractivity contribution in [3.8, 4) is 11.4 Å². The van der Waals surface area contributed by atoms with Gasteiger partial charge in [0.2, 0.25) is 0 Å². The third-order valence-corrected chi connectivity index (χ3v) is 8.73. The number of carbonyl (C=O) groups is 1. The summed E-state index contributed by atoms with van der Waals surface area (Å²) in [5.74, 6) is 1.30. The topological polar surface area (TPSA) is 34.9 Å². The molecule has 0 fully saturated rings. The fourth-order valence-corrected chi connectivity index (χ4v) is 6.67. The molecular weight excluding hydrogens is 472 g/mol. The molecule has 0 N–H and O–H groups in total. The van der Waals surface area contributed by atoms with Crippen molar-refractivity contribution in [2.75, 3.05) is 0 Å². The van der Waals surface area contributed by atoms with Gasteiger partial charge >= 0.3 is 0 Å². The first-order valence-electron chi connectivity index (χ1n) is 14.5. The van der Waals surface area contributed by atoms with Crippen LogP contribution >= 0.6 is 11.3 Å². The first kappa shape index (κ1) is 27.6. The molecule has 198 valence electrons. The second kappa shape index (κ2) is 13.4. The minimum atomic E-state index is 0.265. The van der Waals surface area contributed by atoms with Gasteiger partial charge in [-0.1, -0.05) is 95.0 Å². The number of rotatable bonds is 14. The summed E-state index contributed by atoms with van der Waals surface area (Å²) in [5, 5.41) is 0. The monoisotopic (exact) mass is 516 g/mol. The van der Waals surface area contributed by atoms with Crippen molar-refractivity contribution in [1.29, 1.82) is 0 Å². The van der Waals surface area contributed by atoms with E-state index in [1.165, 1.54) is 79.7 Å². The molecule has 0 atom stereocenters. The Bertz CT molecular complexity index is 1210. The third kappa shape index (κ3) is 6.71. The number of Topliss-reactive ketones (excluding diaryl/α,β-unsaturated/α-hetero) is 1. The lowest BCUT2D eigenvalue weighted by molar-refractivity contribution is -0.113. The van der Waals surface area contributed by atoms with Crippen LogP contribution in [-0.2, 0) is 11.3 Å². The Kier molecular flexibility index (Phi) is 9.96. The lowest BCUT2D eigenvalue weighted by atomic mass is 9.99. The minimum Gasteiger partial charge on any atom is -0.328 e. The molecule has 0 unspecified atom stereocenters. The average molecular weight is 517 g/mol. The second-order valence-electron chi connectivity index (χ2n) is 10.7. The number of aryl methyl sites for hydroxylation is 2. The predicted molar refractivity (Wildman–Crippen MR) is 159 cm³/mol. The summed E-state index contributed by atoms with van der Waals surface area (Å²) in [6, 6.07) is 12.7. The van der Waals surface area contributed by atoms with Gasteiger partial charge in [0.1, 0.15) is 5.82 Å². The molecule has 0 radical (unpaired) electrons. The number of thiophene rings is 1. The van der Waals surface area contributed by atoms with Gasteiger partial charge in [-0.2, -0.15) is 0 Å². The van der Waals surface area contributed by atoms with Gasteiger partial charge in [0, 0.05) is 39.6 Å². The quantitative estimate of drug-likeness (QED) is 0.200. The van der Waals surface area contributed by atoms with E-state index in [4.69, 9.17) is 4.98 Å². The van der Waals surface area contributed by atoms with Crippen molar-refractivity contribution in [2.24, 2.45) is 0 Å². The molecule has 2 heterocycles. The van der Waals surface area contributed by atoms with Gasteiger partial charge < -0.3 is 4.57 Å². The number of hydrogen-bond donors (Lipinski definition) is 0. The maximum Gasteiger partial charge on any atom is 0.164 e. The highest BCUT2D eigenvalue weighted by molar-refractivity contribution is 7.12. The van der Waals surface area contributed by atoms with Crippen LogP contribution in [0.1, 0.15) is 111 Å². The first-order valence-corrected chi connectivity index (χ1v) is 15.3. The molecule has 4 heteroatoms. The maximum atomic E-state index is 13.1. The van der Waals surface area contributed by atoms with Gasteiger partial charge in [-0.3, -0.25) is 4.79 Å². The summed E-state index contributed by atoms with van der Waals surface area (Å²) < 4.78 is 2.41. The molecule has 0 spiro atoms. The Balaban J connectivity index is 1.53. The number of allylic oxidation sites excluding steroid dienone is 2. The van der Waals surface area contributed by atoms with E-state index in [1.807, 2.05) is 0 Å². The van der Waals surface area contributed by atoms with Crippen LogP contribution in [0.5, 0.6) is 0 Å². The molecule has 0 saturated carbocycles. The summed E-state index contributed by atoms with van der Waals surface area (Å²) >= 11 is 1.78. The molecule has 1 aromatic carbocycles. The highest BCUT2D eigenvalue weighted by Gasteiger charge is 2.30. The van der Waals surface area contributed by atoms with E-state index < -0.39 is 0 Å². The number of aromatic nitrogens is 2. The van der Waals surface area contributed by atoms with Crippen LogP contribution in [0, 0.1) is 20.8 Å². The number of hydrogen-bond acceptors (Lipinski definition) is 3. The Morgan fingerprint density at radius 2 is 1.51 bits per heavy atom. The largest absolute Gasteiger partial charge is 0.328 e. The normalized spacial score (nSPS) is 13.8. The van der Waals surface area contributed by atoms with Crippen LogP contribution in [-0.4, -0.2) is 15.3 Å². The fourth-order valence-electron chi connectivity index (χ4n) is 5.74. The van der Waals surface area contributed by atoms with Crippen LogP contribution in [0.3, 0.4) is 0 Å². The molecular formula is C33H44N2OS. The van der Waals surface area contributed by atoms with Gasteiger partial charge in [-0.15, -0.1) is 11.3 Å². The molecule has 37 heavy (non-hydrogen) atoms. The lowest BCUT2D eigenvalue weighted by Crippen LogP contribution is -2.03. The SMILES string of the molecule is CCCCCCCCCCCCn1c(-c2ccccc2)nc(C2=C(c3cc(C)sc3C)C(=O)CC2)c1C. The summed E-state index contributed by atoms with van der Waals surface area (Å²) in [4.78, 5) is 20.8. The van der Waals surface area contributed by atoms with E-state index in [1.54, 1.807) is 11.3 Å². The Morgan fingerprint density at radius 3 is 2.14 bits per heavy atom. The van der Waals surface area contributed by atoms with E-state index >= 15 is 0 Å². The van der Waals surface area contributed by atoms with E-state index in [2.05, 4.69) is 68.7 Å². The highest BCUT2D eigenvalue weighted by Crippen LogP contribution is 2.42. The van der Waals surface area contributed by atoms with Crippen molar-refractivity contribution in [3.63, 3.8) is 0 Å². The van der Waals surface area contributed by atoms with E-state index in [-0.39, 0.29) is 5.78 Å². The predicted octanol–water partition coefficient (Wildman–Crippen LogP) is 9.73. The van der Waals surface area contributed by atoms with Gasteiger partial charge in [-0.05, 0) is 50.8 Å². The molecule has 2 aromatic heterocycles. The lowest BCUT2D eigenvalue weighted by Gasteiger charge is -2.11. The van der Waals surface area contributed by atoms with Crippen molar-refractivity contribution >= 4 is 28.3 Å². The third-order valence-electron chi connectivity index (χ3n) is 7.77. The summed E-state index contributed by atoms with van der Waals surface area (Å²) in [6.07, 6.45) is 14.7. The molecule has 0 aliphatic heterocycles. The van der Waals surface area contributed by atoms with Crippen molar-refractivity contribution in [2.45, 2.75) is 111 Å². The fraction of sp³-hybridized carbons (Fsp3) is 0.515. The summed E-state index contributed by atoms with van der Waals surface area (Å²) in [7, 11) is 0. The van der Waals surface area contributed by atoms with Crippen molar-refractivity contribution in [3.05, 3.63) is 63.1 Å². The molecule has 3 aromatic rings. The second-order valence-corrected chi connectivity index (χ2v) is 12.1. The zero-order valence-corrected chi connectivity index (χ0v) is 24.2. The van der Waals surface area contributed by atoms with E-state index in [0.717, 1.165) is 46.8 Å². The molecule has 3 nitrogen and oxygen atoms in total. The summed E-state index contributed by atoms with van der Waals surface area (Å²) in [6.45, 7) is 9.72. The first-order chi connectivity index (χ1) is 18.0. The molecule has 0 bridgehead atoms. The number of nitrogens with zero attached hydrogens (tertiary/aromatic N) is 2. The Hall–Kier alpha value is -2.46. The van der Waals surface area contributed by atoms with Gasteiger partial charge in [-0.25, -0.2) is 4.98 Å². The number of imidazole rings is 1. The van der Waals surface area contributed by atoms with Gasteiger partial charge in [0.05, 0.1) is 5.69 Å². The van der Waals surface area contributed by atoms with Gasteiger partial charge in [0.25, 0.3) is 0 Å². The van der Waals surface area contributed by atoms with Crippen molar-refractivity contribution in [1.82, 2.24) is 9.55 Å². The number of carbonyl (C=O) groups excluding carboxylic acids is 1. The zero-order chi connectivity index (χ0) is 26.2. The number of benzene rings is 1. The number of unbranched alkanes of at least 4 members (excludes halogenated alkanes) is 9. The standard InChI is InChI=1S/C33H44N2OS/c1-5-6-7-8-9-10-11-12-13-17-22-35-25(3)32(34-33(35)27-18-15-14-16-19-27)28-20-21-30(36)31(28)29-23-24(2)37-26(29)4/h14-16,18-19,23H,5-13,17,20-22H2,1-4H3.